The Balaban J connectivity index is 1.64. The van der Waals surface area contributed by atoms with E-state index in [0.717, 1.165) is 47.3 Å². The highest BCUT2D eigenvalue weighted by atomic mass is 32.1. The van der Waals surface area contributed by atoms with E-state index in [1.165, 1.54) is 0 Å². The number of hydrogen-bond donors (Lipinski definition) is 1. The van der Waals surface area contributed by atoms with E-state index in [4.69, 9.17) is 9.73 Å². The van der Waals surface area contributed by atoms with Crippen LogP contribution in [0.3, 0.4) is 0 Å². The molecule has 0 spiro atoms. The van der Waals surface area contributed by atoms with Gasteiger partial charge in [-0.2, -0.15) is 0 Å². The van der Waals surface area contributed by atoms with Crippen molar-refractivity contribution in [2.24, 2.45) is 4.99 Å². The summed E-state index contributed by atoms with van der Waals surface area (Å²) in [5.41, 5.74) is 3.30. The van der Waals surface area contributed by atoms with Gasteiger partial charge >= 0.3 is 0 Å². The predicted molar refractivity (Wildman–Crippen MR) is 125 cm³/mol. The molecule has 1 saturated heterocycles. The maximum absolute atomic E-state index is 11.9. The molecule has 1 N–H and O–H groups in total. The minimum absolute atomic E-state index is 0.00842. The van der Waals surface area contributed by atoms with Crippen LogP contribution in [0.1, 0.15) is 54.6 Å². The van der Waals surface area contributed by atoms with Gasteiger partial charge < -0.3 is 19.9 Å². The number of nitrogens with zero attached hydrogens (tertiary/aromatic N) is 4. The maximum atomic E-state index is 11.9. The van der Waals surface area contributed by atoms with Gasteiger partial charge in [0.2, 0.25) is 5.91 Å². The van der Waals surface area contributed by atoms with Crippen molar-refractivity contribution < 1.29 is 9.53 Å². The number of amides is 1. The molecule has 1 aliphatic heterocycles. The van der Waals surface area contributed by atoms with Gasteiger partial charge in [-0.05, 0) is 31.4 Å². The molecule has 0 saturated carbocycles. The van der Waals surface area contributed by atoms with Crippen molar-refractivity contribution in [1.29, 1.82) is 0 Å². The Morgan fingerprint density at radius 1 is 1.42 bits per heavy atom. The molecule has 3 rings (SSSR count). The number of aromatic nitrogens is 1. The van der Waals surface area contributed by atoms with Crippen LogP contribution in [0.4, 0.5) is 0 Å². The number of benzene rings is 1. The third-order valence-corrected chi connectivity index (χ3v) is 6.37. The number of guanidine groups is 1. The first kappa shape index (κ1) is 23.2. The monoisotopic (exact) mass is 443 g/mol. The standard InChI is InChI=1S/C23H33N5O2S/c1-5-24-23(27(3)15-20-16-31-22(26-20)17(2)30-4)25-13-18-8-6-9-19(12-18)14-28-11-7-10-21(28)29/h6,8-9,12,16-17H,5,7,10-11,13-15H2,1-4H3,(H,24,25). The van der Waals surface area contributed by atoms with Crippen LogP contribution in [0.15, 0.2) is 34.6 Å². The molecule has 2 heterocycles. The number of carbonyl (C=O) groups is 1. The second-order valence-corrected chi connectivity index (χ2v) is 8.71. The molecule has 31 heavy (non-hydrogen) atoms. The van der Waals surface area contributed by atoms with Crippen LogP contribution in [0.2, 0.25) is 0 Å². The van der Waals surface area contributed by atoms with E-state index < -0.39 is 0 Å². The van der Waals surface area contributed by atoms with Crippen LogP contribution in [0, 0.1) is 0 Å². The van der Waals surface area contributed by atoms with Gasteiger partial charge in [0, 0.05) is 45.6 Å². The number of likely N-dealkylation sites (tertiary alicyclic amines) is 1. The summed E-state index contributed by atoms with van der Waals surface area (Å²) < 4.78 is 5.36. The van der Waals surface area contributed by atoms with Gasteiger partial charge in [-0.25, -0.2) is 9.98 Å². The van der Waals surface area contributed by atoms with Gasteiger partial charge in [0.15, 0.2) is 5.96 Å². The zero-order valence-electron chi connectivity index (χ0n) is 18.9. The van der Waals surface area contributed by atoms with Crippen LogP contribution in [-0.4, -0.2) is 53.9 Å². The zero-order valence-corrected chi connectivity index (χ0v) is 19.7. The molecular formula is C23H33N5O2S. The minimum Gasteiger partial charge on any atom is -0.375 e. The number of methoxy groups -OCH3 is 1. The number of ether oxygens (including phenoxy) is 1. The highest BCUT2D eigenvalue weighted by Crippen LogP contribution is 2.21. The summed E-state index contributed by atoms with van der Waals surface area (Å²) in [6.07, 6.45) is 1.65. The molecule has 1 aromatic heterocycles. The van der Waals surface area contributed by atoms with Gasteiger partial charge in [0.25, 0.3) is 0 Å². The molecule has 1 amide bonds. The van der Waals surface area contributed by atoms with Gasteiger partial charge in [-0.1, -0.05) is 24.3 Å². The van der Waals surface area contributed by atoms with Crippen molar-refractivity contribution in [2.75, 3.05) is 27.2 Å². The summed E-state index contributed by atoms with van der Waals surface area (Å²) in [5, 5.41) is 6.43. The number of carbonyl (C=O) groups excluding carboxylic acids is 1. The lowest BCUT2D eigenvalue weighted by atomic mass is 10.1. The van der Waals surface area contributed by atoms with Gasteiger partial charge in [-0.3, -0.25) is 4.79 Å². The van der Waals surface area contributed by atoms with E-state index in [0.29, 0.717) is 26.1 Å². The van der Waals surface area contributed by atoms with E-state index in [1.54, 1.807) is 18.4 Å². The molecule has 1 aromatic carbocycles. The second kappa shape index (κ2) is 11.2. The Morgan fingerprint density at radius 3 is 2.94 bits per heavy atom. The molecule has 8 heteroatoms. The molecule has 0 bridgehead atoms. The first-order valence-electron chi connectivity index (χ1n) is 10.8. The van der Waals surface area contributed by atoms with Crippen molar-refractivity contribution in [3.8, 4) is 0 Å². The topological polar surface area (TPSA) is 70.1 Å². The van der Waals surface area contributed by atoms with Crippen molar-refractivity contribution in [3.05, 3.63) is 51.5 Å². The summed E-state index contributed by atoms with van der Waals surface area (Å²) in [4.78, 5) is 25.5. The fourth-order valence-corrected chi connectivity index (χ4v) is 4.40. The molecule has 0 aliphatic carbocycles. The van der Waals surface area contributed by atoms with E-state index in [2.05, 4.69) is 45.7 Å². The number of hydrogen-bond acceptors (Lipinski definition) is 5. The Morgan fingerprint density at radius 2 is 2.23 bits per heavy atom. The predicted octanol–water partition coefficient (Wildman–Crippen LogP) is 3.57. The van der Waals surface area contributed by atoms with Crippen LogP contribution in [0.5, 0.6) is 0 Å². The smallest absolute Gasteiger partial charge is 0.222 e. The number of nitrogens with one attached hydrogen (secondary N) is 1. The Bertz CT molecular complexity index is 898. The van der Waals surface area contributed by atoms with Crippen LogP contribution >= 0.6 is 11.3 Å². The fourth-order valence-electron chi connectivity index (χ4n) is 3.55. The summed E-state index contributed by atoms with van der Waals surface area (Å²) >= 11 is 1.62. The quantitative estimate of drug-likeness (QED) is 0.474. The summed E-state index contributed by atoms with van der Waals surface area (Å²) in [6, 6.07) is 8.36. The van der Waals surface area contributed by atoms with Crippen LogP contribution in [0.25, 0.3) is 0 Å². The molecule has 1 unspecified atom stereocenters. The summed E-state index contributed by atoms with van der Waals surface area (Å²) in [5.74, 6) is 1.10. The summed E-state index contributed by atoms with van der Waals surface area (Å²) in [6.45, 7) is 7.67. The third-order valence-electron chi connectivity index (χ3n) is 5.31. The molecule has 1 fully saturated rings. The average molecular weight is 444 g/mol. The fraction of sp³-hybridized carbons (Fsp3) is 0.522. The van der Waals surface area contributed by atoms with Gasteiger partial charge in [0.05, 0.1) is 18.8 Å². The zero-order chi connectivity index (χ0) is 22.2. The lowest BCUT2D eigenvalue weighted by Crippen LogP contribution is -2.38. The number of aliphatic imine (C=N–C) groups is 1. The van der Waals surface area contributed by atoms with Gasteiger partial charge in [0.1, 0.15) is 11.1 Å². The average Bonchev–Trinajstić information content (AvgIpc) is 3.40. The minimum atomic E-state index is 0.00842. The Hall–Kier alpha value is -2.45. The third kappa shape index (κ3) is 6.51. The van der Waals surface area contributed by atoms with Crippen molar-refractivity contribution >= 4 is 23.2 Å². The highest BCUT2D eigenvalue weighted by molar-refractivity contribution is 7.09. The normalized spacial score (nSPS) is 15.4. The van der Waals surface area contributed by atoms with E-state index in [1.807, 2.05) is 24.9 Å². The molecule has 2 aromatic rings. The summed E-state index contributed by atoms with van der Waals surface area (Å²) in [7, 11) is 3.72. The van der Waals surface area contributed by atoms with Crippen molar-refractivity contribution in [2.45, 2.75) is 52.4 Å². The first-order valence-corrected chi connectivity index (χ1v) is 11.7. The second-order valence-electron chi connectivity index (χ2n) is 7.82. The first-order chi connectivity index (χ1) is 15.0. The van der Waals surface area contributed by atoms with Crippen molar-refractivity contribution in [1.82, 2.24) is 20.1 Å². The van der Waals surface area contributed by atoms with Crippen molar-refractivity contribution in [3.63, 3.8) is 0 Å². The van der Waals surface area contributed by atoms with Crippen LogP contribution < -0.4 is 5.32 Å². The Kier molecular flexibility index (Phi) is 8.43. The number of rotatable bonds is 9. The lowest BCUT2D eigenvalue weighted by Gasteiger charge is -2.21. The largest absolute Gasteiger partial charge is 0.375 e. The SMILES string of the molecule is CCNC(=NCc1cccc(CN2CCCC2=O)c1)N(C)Cc1csc(C(C)OC)n1. The van der Waals surface area contributed by atoms with Gasteiger partial charge in [-0.15, -0.1) is 11.3 Å². The van der Waals surface area contributed by atoms with E-state index >= 15 is 0 Å². The molecule has 0 radical (unpaired) electrons. The lowest BCUT2D eigenvalue weighted by molar-refractivity contribution is -0.128. The molecule has 7 nitrogen and oxygen atoms in total. The van der Waals surface area contributed by atoms with E-state index in [-0.39, 0.29) is 12.0 Å². The molecule has 168 valence electrons. The number of thiazole rings is 1. The van der Waals surface area contributed by atoms with E-state index in [9.17, 15) is 4.79 Å². The molecular weight excluding hydrogens is 410 g/mol. The molecule has 1 atom stereocenters. The Labute approximate surface area is 189 Å². The highest BCUT2D eigenvalue weighted by Gasteiger charge is 2.20. The van der Waals surface area contributed by atoms with Crippen LogP contribution in [-0.2, 0) is 29.2 Å². The molecule has 1 aliphatic rings. The maximum Gasteiger partial charge on any atom is 0.222 e.